The van der Waals surface area contributed by atoms with Crippen molar-refractivity contribution in [3.63, 3.8) is 0 Å². The number of hydrogen-bond donors (Lipinski definition) is 0. The highest BCUT2D eigenvalue weighted by molar-refractivity contribution is 7.92. The molecule has 0 N–H and O–H groups in total. The van der Waals surface area contributed by atoms with Gasteiger partial charge in [-0.2, -0.15) is 4.18 Å². The van der Waals surface area contributed by atoms with E-state index in [4.69, 9.17) is 13.5 Å². The Bertz CT molecular complexity index is 1370. The second-order valence-electron chi connectivity index (χ2n) is 12.4. The summed E-state index contributed by atoms with van der Waals surface area (Å²) in [5, 5.41) is 1.72. The van der Waals surface area contributed by atoms with E-state index >= 15 is 0 Å². The van der Waals surface area contributed by atoms with Crippen LogP contribution in [0.2, 0.25) is 0 Å². The fourth-order valence-corrected chi connectivity index (χ4v) is 5.26. The fourth-order valence-electron chi connectivity index (χ4n) is 4.62. The van der Waals surface area contributed by atoms with E-state index in [1.165, 1.54) is 18.4 Å². The molecule has 2 aliphatic rings. The Morgan fingerprint density at radius 3 is 2.35 bits per heavy atom. The normalized spacial score (nSPS) is 19.9. The Kier molecular flexibility index (Phi) is 6.67. The largest absolute Gasteiger partial charge is 0.495 e. The molecule has 1 aliphatic heterocycles. The molecule has 0 radical (unpaired) electrons. The van der Waals surface area contributed by atoms with Crippen LogP contribution in [-0.2, 0) is 31.3 Å². The summed E-state index contributed by atoms with van der Waals surface area (Å²) < 4.78 is 21.1. The third kappa shape index (κ3) is 5.03. The molecule has 2 aromatic carbocycles. The van der Waals surface area contributed by atoms with Crippen molar-refractivity contribution in [2.24, 2.45) is 0 Å². The Labute approximate surface area is 224 Å². The average Bonchev–Trinajstić information content (AvgIpc) is 3.63. The Morgan fingerprint density at radius 2 is 1.73 bits per heavy atom. The molecule has 0 spiro atoms. The molecule has 0 amide bonds. The van der Waals surface area contributed by atoms with Crippen molar-refractivity contribution in [3.8, 4) is 5.69 Å². The van der Waals surface area contributed by atoms with E-state index in [-0.39, 0.29) is 21.5 Å². The third-order valence-electron chi connectivity index (χ3n) is 8.17. The van der Waals surface area contributed by atoms with Crippen LogP contribution >= 0.6 is 0 Å². The van der Waals surface area contributed by atoms with Gasteiger partial charge in [0.15, 0.2) is 4.75 Å². The van der Waals surface area contributed by atoms with Gasteiger partial charge in [0, 0.05) is 17.1 Å². The van der Waals surface area contributed by atoms with Gasteiger partial charge < -0.3 is 9.31 Å². The molecule has 7 heteroatoms. The lowest BCUT2D eigenvalue weighted by molar-refractivity contribution is 0.00578. The highest BCUT2D eigenvalue weighted by Gasteiger charge is 2.52. The number of hydrogen-bond acceptors (Lipinski definition) is 4. The summed E-state index contributed by atoms with van der Waals surface area (Å²) in [6.07, 6.45) is 6.50. The van der Waals surface area contributed by atoms with Gasteiger partial charge in [-0.1, -0.05) is 24.3 Å². The highest BCUT2D eigenvalue weighted by Crippen LogP contribution is 2.41. The Hall–Kier alpha value is -2.06. The topological polar surface area (TPSA) is 49.7 Å². The maximum atomic E-state index is 13.8. The van der Waals surface area contributed by atoms with Crippen LogP contribution in [0.3, 0.4) is 0 Å². The molecule has 1 saturated heterocycles. The summed E-state index contributed by atoms with van der Waals surface area (Å²) in [4.78, 5) is 13.8. The number of benzene rings is 2. The lowest BCUT2D eigenvalue weighted by Gasteiger charge is -2.32. The summed E-state index contributed by atoms with van der Waals surface area (Å²) in [7, 11) is -0.547. The van der Waals surface area contributed by atoms with Crippen LogP contribution in [0.4, 0.5) is 0 Å². The van der Waals surface area contributed by atoms with Crippen LogP contribution in [0.15, 0.2) is 53.5 Å². The Morgan fingerprint density at radius 1 is 1.05 bits per heavy atom. The highest BCUT2D eigenvalue weighted by atomic mass is 32.2. The van der Waals surface area contributed by atoms with Crippen molar-refractivity contribution < 1.29 is 13.5 Å². The van der Waals surface area contributed by atoms with Crippen molar-refractivity contribution in [3.05, 3.63) is 70.1 Å². The van der Waals surface area contributed by atoms with E-state index in [2.05, 4.69) is 66.9 Å². The van der Waals surface area contributed by atoms with E-state index < -0.39 is 18.3 Å². The summed E-state index contributed by atoms with van der Waals surface area (Å²) in [6.45, 7) is 15.1. The molecule has 3 aromatic rings. The predicted octanol–water partition coefficient (Wildman–Crippen LogP) is 5.65. The predicted molar refractivity (Wildman–Crippen MR) is 155 cm³/mol. The first-order valence-electron chi connectivity index (χ1n) is 13.2. The summed E-state index contributed by atoms with van der Waals surface area (Å²) in [6, 6.07) is 14.3. The second kappa shape index (κ2) is 9.30. The molecule has 1 saturated carbocycles. The fraction of sp³-hybridized carbons (Fsp3) is 0.500. The van der Waals surface area contributed by atoms with Gasteiger partial charge in [-0.05, 0) is 102 Å². The summed E-state index contributed by atoms with van der Waals surface area (Å²) in [5.74, 6) is 0.651. The molecule has 1 aromatic heterocycles. The van der Waals surface area contributed by atoms with Crippen molar-refractivity contribution >= 4 is 34.5 Å². The first kappa shape index (κ1) is 26.5. The van der Waals surface area contributed by atoms with Gasteiger partial charge in [-0.25, -0.2) is 0 Å². The van der Waals surface area contributed by atoms with Crippen molar-refractivity contribution in [1.82, 2.24) is 4.57 Å². The summed E-state index contributed by atoms with van der Waals surface area (Å²) >= 11 is -0.291. The molecule has 1 aliphatic carbocycles. The van der Waals surface area contributed by atoms with E-state index in [1.807, 2.05) is 36.5 Å². The first-order valence-corrected chi connectivity index (χ1v) is 14.8. The molecule has 5 nitrogen and oxygen atoms in total. The van der Waals surface area contributed by atoms with Gasteiger partial charge in [-0.3, -0.25) is 9.36 Å². The van der Waals surface area contributed by atoms with Crippen LogP contribution in [-0.4, -0.2) is 33.9 Å². The molecule has 196 valence electrons. The van der Waals surface area contributed by atoms with Gasteiger partial charge in [0.25, 0.3) is 5.56 Å². The minimum atomic E-state index is -0.547. The third-order valence-corrected chi connectivity index (χ3v) is 10.4. The van der Waals surface area contributed by atoms with Gasteiger partial charge in [0.2, 0.25) is 0 Å². The molecule has 0 bridgehead atoms. The number of aromatic nitrogens is 1. The monoisotopic (exact) mass is 520 g/mol. The van der Waals surface area contributed by atoms with Crippen molar-refractivity contribution in [1.29, 1.82) is 0 Å². The Balaban J connectivity index is 1.61. The molecule has 1 atom stereocenters. The van der Waals surface area contributed by atoms with Gasteiger partial charge in [0.05, 0.1) is 16.9 Å². The smallest absolute Gasteiger partial charge is 0.399 e. The van der Waals surface area contributed by atoms with Crippen LogP contribution in [0.1, 0.15) is 78.4 Å². The number of fused-ring (bicyclic) bond motifs is 1. The zero-order valence-electron chi connectivity index (χ0n) is 23.4. The van der Waals surface area contributed by atoms with Gasteiger partial charge in [0.1, 0.15) is 24.0 Å². The SMILES string of the molecule is C[S+](OCc1c(B2OC(C)(C)C(C)(C)O2)cccc1-n1ccc2cc(C3CC3)ccc2c1=O)C(C)(C)C. The van der Waals surface area contributed by atoms with Crippen molar-refractivity contribution in [2.75, 3.05) is 6.26 Å². The average molecular weight is 521 g/mol. The molecule has 37 heavy (non-hydrogen) atoms. The molecule has 2 fully saturated rings. The first-order chi connectivity index (χ1) is 17.3. The van der Waals surface area contributed by atoms with Crippen LogP contribution in [0.5, 0.6) is 0 Å². The van der Waals surface area contributed by atoms with Gasteiger partial charge in [-0.15, -0.1) is 0 Å². The maximum Gasteiger partial charge on any atom is 0.495 e. The number of nitrogens with zero attached hydrogens (tertiary/aromatic N) is 1. The number of rotatable bonds is 6. The van der Waals surface area contributed by atoms with Crippen LogP contribution in [0.25, 0.3) is 16.5 Å². The molecular weight excluding hydrogens is 481 g/mol. The van der Waals surface area contributed by atoms with Gasteiger partial charge >= 0.3 is 7.12 Å². The molecule has 1 unspecified atom stereocenters. The zero-order valence-corrected chi connectivity index (χ0v) is 24.2. The van der Waals surface area contributed by atoms with Crippen LogP contribution < -0.4 is 11.0 Å². The lowest BCUT2D eigenvalue weighted by atomic mass is 9.75. The summed E-state index contributed by atoms with van der Waals surface area (Å²) in [5.41, 5.74) is 2.99. The molecular formula is C30H39BNO4S+. The minimum absolute atomic E-state index is 0.0124. The zero-order chi connectivity index (χ0) is 26.8. The lowest BCUT2D eigenvalue weighted by Crippen LogP contribution is -2.41. The second-order valence-corrected chi connectivity index (χ2v) is 14.7. The molecule has 2 heterocycles. The standard InChI is InChI=1S/C30H39BNO4S/c1-28(2,3)37(8)34-19-24-25(31-35-29(4,5)30(6,7)36-31)10-9-11-26(24)32-17-16-22-18-21(20-12-13-20)14-15-23(22)27(32)33/h9-11,14-18,20H,12-13,19H2,1-8H3/q+1. The van der Waals surface area contributed by atoms with Crippen LogP contribution in [0, 0.1) is 0 Å². The number of pyridine rings is 1. The van der Waals surface area contributed by atoms with E-state index in [0.29, 0.717) is 12.5 Å². The van der Waals surface area contributed by atoms with E-state index in [0.717, 1.165) is 27.5 Å². The minimum Gasteiger partial charge on any atom is -0.399 e. The van der Waals surface area contributed by atoms with E-state index in [9.17, 15) is 4.79 Å². The van der Waals surface area contributed by atoms with Crippen molar-refractivity contribution in [2.45, 2.75) is 89.8 Å². The quantitative estimate of drug-likeness (QED) is 0.312. The van der Waals surface area contributed by atoms with E-state index in [1.54, 1.807) is 4.57 Å². The molecule has 5 rings (SSSR count). The maximum absolute atomic E-state index is 13.8.